The number of hydrazine groups is 1. The Hall–Kier alpha value is -3.41. The van der Waals surface area contributed by atoms with Crippen molar-refractivity contribution >= 4 is 130 Å². The van der Waals surface area contributed by atoms with Crippen molar-refractivity contribution in [2.24, 2.45) is 9.98 Å². The molecule has 3 aromatic rings. The summed E-state index contributed by atoms with van der Waals surface area (Å²) >= 11 is 22.7. The first-order chi connectivity index (χ1) is 24.3. The molecule has 24 heteroatoms. The van der Waals surface area contributed by atoms with E-state index >= 15 is 0 Å². The number of rotatable bonds is 15. The Morgan fingerprint density at radius 1 is 0.904 bits per heavy atom. The van der Waals surface area contributed by atoms with Gasteiger partial charge >= 0.3 is 11.4 Å². The average Bonchev–Trinajstić information content (AvgIpc) is 3.31. The van der Waals surface area contributed by atoms with E-state index in [1.165, 1.54) is 59.5 Å². The maximum atomic E-state index is 13.8. The normalized spacial score (nSPS) is 15.6. The molecule has 52 heavy (non-hydrogen) atoms. The molecule has 5 N–H and O–H groups in total. The molecule has 280 valence electrons. The van der Waals surface area contributed by atoms with E-state index in [0.717, 1.165) is 5.01 Å². The molecule has 1 atom stereocenters. The first-order valence-corrected chi connectivity index (χ1v) is 20.1. The second-order valence-corrected chi connectivity index (χ2v) is 15.9. The number of benzene rings is 3. The van der Waals surface area contributed by atoms with Crippen LogP contribution in [0, 0.1) is 0 Å². The second-order valence-electron chi connectivity index (χ2n) is 10.5. The van der Waals surface area contributed by atoms with Crippen LogP contribution in [-0.2, 0) is 45.4 Å². The molecule has 0 radical (unpaired) electrons. The molecule has 17 nitrogen and oxygen atoms in total. The van der Waals surface area contributed by atoms with E-state index in [1.54, 1.807) is 0 Å². The number of aliphatic imine (C=N–C) groups is 2. The minimum atomic E-state index is -4.35. The maximum absolute atomic E-state index is 13.8. The van der Waals surface area contributed by atoms with Crippen molar-refractivity contribution in [2.75, 3.05) is 46.4 Å². The highest BCUT2D eigenvalue weighted by molar-refractivity contribution is 7.86. The Balaban J connectivity index is 1.69. The molecular formula is C28H26Cl4N6O11S3. The van der Waals surface area contributed by atoms with Crippen molar-refractivity contribution < 1.29 is 48.5 Å². The highest BCUT2D eigenvalue weighted by Crippen LogP contribution is 2.38. The first kappa shape index (κ1) is 41.3. The largest absolute Gasteiger partial charge is 0.368 e. The van der Waals surface area contributed by atoms with Gasteiger partial charge in [-0.3, -0.25) is 32.9 Å². The van der Waals surface area contributed by atoms with Crippen molar-refractivity contribution in [1.29, 1.82) is 0 Å². The smallest absolute Gasteiger partial charge is 0.301 e. The summed E-state index contributed by atoms with van der Waals surface area (Å²) in [6, 6.07) is 12.9. The lowest BCUT2D eigenvalue weighted by Crippen LogP contribution is -2.36. The fourth-order valence-corrected chi connectivity index (χ4v) is 6.74. The van der Waals surface area contributed by atoms with E-state index in [4.69, 9.17) is 55.5 Å². The zero-order valence-corrected chi connectivity index (χ0v) is 31.5. The third-order valence-electron chi connectivity index (χ3n) is 6.72. The van der Waals surface area contributed by atoms with Crippen molar-refractivity contribution in [1.82, 2.24) is 5.43 Å². The van der Waals surface area contributed by atoms with Crippen LogP contribution in [0.2, 0.25) is 20.1 Å². The van der Waals surface area contributed by atoms with E-state index in [0.29, 0.717) is 5.69 Å². The van der Waals surface area contributed by atoms with Crippen LogP contribution in [0.3, 0.4) is 0 Å². The molecule has 1 aliphatic rings. The molecular weight excluding hydrogens is 834 g/mol. The molecule has 0 saturated carbocycles. The number of halogens is 4. The molecule has 1 aliphatic heterocycles. The molecule has 2 amide bonds. The van der Waals surface area contributed by atoms with Gasteiger partial charge in [0.1, 0.15) is 5.69 Å². The summed E-state index contributed by atoms with van der Waals surface area (Å²) in [5.74, 6) is -3.01. The Bertz CT molecular complexity index is 2150. The van der Waals surface area contributed by atoms with Crippen molar-refractivity contribution in [3.05, 3.63) is 74.7 Å². The number of carbonyl (C=O) groups is 2. The number of nitrogens with zero attached hydrogens (tertiary/aromatic N) is 4. The van der Waals surface area contributed by atoms with Crippen LogP contribution >= 0.6 is 46.4 Å². The predicted octanol–water partition coefficient (Wildman–Crippen LogP) is 4.72. The van der Waals surface area contributed by atoms with Gasteiger partial charge < -0.3 is 10.2 Å². The van der Waals surface area contributed by atoms with Gasteiger partial charge in [0, 0.05) is 35.9 Å². The maximum Gasteiger partial charge on any atom is 0.301 e. The van der Waals surface area contributed by atoms with Crippen LogP contribution in [0.1, 0.15) is 6.42 Å². The lowest BCUT2D eigenvalue weighted by molar-refractivity contribution is -0.116. The highest BCUT2D eigenvalue weighted by Gasteiger charge is 2.37. The number of amidine groups is 1. The fraction of sp³-hybridized carbons (Fsp3) is 0.214. The minimum Gasteiger partial charge on any atom is -0.368 e. The molecule has 1 heterocycles. The van der Waals surface area contributed by atoms with Gasteiger partial charge in [-0.1, -0.05) is 46.4 Å². The zero-order valence-electron chi connectivity index (χ0n) is 26.1. The van der Waals surface area contributed by atoms with Gasteiger partial charge in [-0.2, -0.15) is 21.0 Å². The van der Waals surface area contributed by atoms with Gasteiger partial charge in [-0.15, -0.1) is 0 Å². The summed E-state index contributed by atoms with van der Waals surface area (Å²) in [6.07, 6.45) is -0.512. The Morgan fingerprint density at radius 2 is 1.54 bits per heavy atom. The van der Waals surface area contributed by atoms with Gasteiger partial charge in [-0.25, -0.2) is 15.0 Å². The molecule has 1 unspecified atom stereocenters. The molecule has 0 spiro atoms. The van der Waals surface area contributed by atoms with Crippen LogP contribution in [0.15, 0.2) is 64.6 Å². The van der Waals surface area contributed by atoms with Crippen LogP contribution in [0.4, 0.5) is 28.4 Å². The Labute approximate surface area is 319 Å². The second kappa shape index (κ2) is 17.6. The molecule has 4 rings (SSSR count). The average molecular weight is 861 g/mol. The Morgan fingerprint density at radius 3 is 2.12 bits per heavy atom. The quantitative estimate of drug-likeness (QED) is 0.103. The lowest BCUT2D eigenvalue weighted by Gasteiger charge is -2.24. The highest BCUT2D eigenvalue weighted by atomic mass is 35.5. The van der Waals surface area contributed by atoms with Crippen molar-refractivity contribution in [3.63, 3.8) is 0 Å². The number of hydrogen-bond donors (Lipinski definition) is 5. The molecule has 1 fully saturated rings. The molecule has 0 bridgehead atoms. The summed E-state index contributed by atoms with van der Waals surface area (Å²) in [6.45, 7) is -0.479. The monoisotopic (exact) mass is 858 g/mol. The number of amides is 2. The van der Waals surface area contributed by atoms with Crippen LogP contribution in [0.25, 0.3) is 0 Å². The van der Waals surface area contributed by atoms with E-state index in [9.17, 15) is 35.2 Å². The molecule has 0 aromatic heterocycles. The summed E-state index contributed by atoms with van der Waals surface area (Å²) < 4.78 is 87.2. The van der Waals surface area contributed by atoms with Gasteiger partial charge in [0.05, 0.1) is 44.6 Å². The third-order valence-corrected chi connectivity index (χ3v) is 9.61. The van der Waals surface area contributed by atoms with Crippen molar-refractivity contribution in [2.45, 2.75) is 6.42 Å². The van der Waals surface area contributed by atoms with E-state index < -0.39 is 61.3 Å². The molecule has 0 aliphatic carbocycles. The summed E-state index contributed by atoms with van der Waals surface area (Å²) in [7, 11) is -8.70. The van der Waals surface area contributed by atoms with Crippen LogP contribution in [0.5, 0.6) is 0 Å². The summed E-state index contributed by atoms with van der Waals surface area (Å²) in [5.41, 5.74) is 3.52. The third kappa shape index (κ3) is 12.1. The first-order valence-electron chi connectivity index (χ1n) is 14.3. The fourth-order valence-electron chi connectivity index (χ4n) is 4.42. The van der Waals surface area contributed by atoms with Gasteiger partial charge in [0.2, 0.25) is 5.91 Å². The lowest BCUT2D eigenvalue weighted by atomic mass is 10.2. The Kier molecular flexibility index (Phi) is 14.0. The molecule has 1 saturated heterocycles. The topological polar surface area (TPSA) is 245 Å². The molecule has 3 aromatic carbocycles. The van der Waals surface area contributed by atoms with E-state index in [2.05, 4.69) is 24.9 Å². The minimum absolute atomic E-state index is 0.00182. The number of anilines is 3. The number of nitrogens with one attached hydrogen (secondary N) is 2. The van der Waals surface area contributed by atoms with Gasteiger partial charge in [0.25, 0.3) is 26.1 Å². The SMILES string of the molecule is O=C(CCS(=O)(=O)O)Nc1ccc(N=C2NN(c3c(Cl)cc(Cl)cc3Cl)C(=O)C2=Nc2ccc(N(CCOS(=O)O)CCS(=O)(=O)O)cc2)c(Cl)c1. The van der Waals surface area contributed by atoms with E-state index in [-0.39, 0.29) is 74.1 Å². The predicted molar refractivity (Wildman–Crippen MR) is 199 cm³/mol. The standard InChI is InChI=1S/C28H26Cl4N6O11S3/c29-16-13-21(31)26(22(32)14-16)38-28(40)25(27(36-38)35-23-6-3-18(15-20(23)30)33-24(39)7-11-51(43,44)45)34-17-1-4-19(5-2-17)37(8-10-49-50(41)42)9-12-52(46,47)48/h1-6,13-15H,7-12H2,(H,33,39)(H,35,36)(H,41,42)(H,43,44,45)(H,46,47,48). The summed E-state index contributed by atoms with van der Waals surface area (Å²) in [4.78, 5) is 36.4. The number of hydrogen-bond acceptors (Lipinski definition) is 11. The van der Waals surface area contributed by atoms with Crippen LogP contribution < -0.4 is 20.7 Å². The number of carbonyl (C=O) groups excluding carboxylic acids is 2. The van der Waals surface area contributed by atoms with Crippen molar-refractivity contribution in [3.8, 4) is 0 Å². The van der Waals surface area contributed by atoms with Gasteiger partial charge in [0.15, 0.2) is 11.5 Å². The van der Waals surface area contributed by atoms with E-state index in [1.807, 2.05) is 0 Å². The summed E-state index contributed by atoms with van der Waals surface area (Å²) in [5, 5.41) is 3.66. The van der Waals surface area contributed by atoms with Crippen LogP contribution in [-0.4, -0.2) is 89.3 Å². The zero-order chi connectivity index (χ0) is 38.4. The van der Waals surface area contributed by atoms with Gasteiger partial charge in [-0.05, 0) is 54.6 Å².